The molecule has 1 aromatic carbocycles. The summed E-state index contributed by atoms with van der Waals surface area (Å²) in [6, 6.07) is 5.78. The van der Waals surface area contributed by atoms with E-state index in [4.69, 9.17) is 14.2 Å². The van der Waals surface area contributed by atoms with Crippen molar-refractivity contribution in [2.24, 2.45) is 0 Å². The zero-order valence-corrected chi connectivity index (χ0v) is 12.3. The normalized spacial score (nSPS) is 15.4. The maximum absolute atomic E-state index is 5.64. The Hall–Kier alpha value is -0.950. The monoisotopic (exact) mass is 346 g/mol. The number of ether oxygens (including phenoxy) is 3. The van der Waals surface area contributed by atoms with Crippen LogP contribution in [0.1, 0.15) is 0 Å². The highest BCUT2D eigenvalue weighted by Gasteiger charge is 2.17. The zero-order chi connectivity index (χ0) is 12.4. The maximum Gasteiger partial charge on any atom is 0.224 e. The number of fused-ring (bicyclic) bond motifs is 1. The molecular weight excluding hydrogens is 336 g/mol. The molecule has 2 heterocycles. The number of halogens is 2. The molecule has 0 spiro atoms. The Morgan fingerprint density at radius 2 is 2.05 bits per heavy atom. The molecule has 0 bridgehead atoms. The van der Waals surface area contributed by atoms with Gasteiger partial charge in [-0.2, -0.15) is 0 Å². The van der Waals surface area contributed by atoms with Crippen LogP contribution in [0.2, 0.25) is 0 Å². The van der Waals surface area contributed by atoms with Crippen molar-refractivity contribution in [2.45, 2.75) is 6.29 Å². The Morgan fingerprint density at radius 3 is 2.84 bits per heavy atom. The van der Waals surface area contributed by atoms with E-state index in [1.165, 1.54) is 6.33 Å². The van der Waals surface area contributed by atoms with Gasteiger partial charge in [0.15, 0.2) is 6.29 Å². The van der Waals surface area contributed by atoms with Gasteiger partial charge >= 0.3 is 0 Å². The zero-order valence-electron chi connectivity index (χ0n) is 9.91. The Labute approximate surface area is 124 Å². The van der Waals surface area contributed by atoms with Crippen molar-refractivity contribution in [2.75, 3.05) is 19.8 Å². The van der Waals surface area contributed by atoms with Crippen LogP contribution in [0.5, 0.6) is 5.88 Å². The van der Waals surface area contributed by atoms with Crippen LogP contribution in [0, 0.1) is 0 Å². The van der Waals surface area contributed by atoms with Crippen LogP contribution >= 0.6 is 28.3 Å². The van der Waals surface area contributed by atoms with E-state index < -0.39 is 0 Å². The average Bonchev–Trinajstić information content (AvgIpc) is 2.89. The fraction of sp³-hybridized carbons (Fsp3) is 0.333. The molecule has 1 aliphatic rings. The SMILES string of the molecule is Brc1ccc2ncnc(OCC3OCCO3)c2c1.Cl. The minimum Gasteiger partial charge on any atom is -0.472 e. The van der Waals surface area contributed by atoms with Crippen LogP contribution in [-0.2, 0) is 9.47 Å². The van der Waals surface area contributed by atoms with Crippen molar-refractivity contribution in [1.82, 2.24) is 9.97 Å². The van der Waals surface area contributed by atoms with Gasteiger partial charge in [-0.1, -0.05) is 15.9 Å². The summed E-state index contributed by atoms with van der Waals surface area (Å²) in [5, 5.41) is 0.866. The molecule has 0 radical (unpaired) electrons. The summed E-state index contributed by atoms with van der Waals surface area (Å²) in [6.45, 7) is 1.56. The fourth-order valence-corrected chi connectivity index (χ4v) is 2.13. The molecule has 0 aliphatic carbocycles. The number of aromatic nitrogens is 2. The molecule has 2 aromatic rings. The second-order valence-electron chi connectivity index (χ2n) is 3.82. The van der Waals surface area contributed by atoms with Crippen LogP contribution in [-0.4, -0.2) is 36.1 Å². The van der Waals surface area contributed by atoms with E-state index in [2.05, 4.69) is 25.9 Å². The predicted octanol–water partition coefficient (Wildman–Crippen LogP) is 2.57. The standard InChI is InChI=1S/C12H11BrN2O3.ClH/c13-8-1-2-10-9(5-8)12(15-7-14-10)18-6-11-16-3-4-17-11;/h1-2,5,7,11H,3-4,6H2;1H. The van der Waals surface area contributed by atoms with E-state index in [-0.39, 0.29) is 18.7 Å². The van der Waals surface area contributed by atoms with Gasteiger partial charge in [0, 0.05) is 4.47 Å². The van der Waals surface area contributed by atoms with Crippen molar-refractivity contribution in [1.29, 1.82) is 0 Å². The van der Waals surface area contributed by atoms with Crippen molar-refractivity contribution >= 4 is 39.2 Å². The lowest BCUT2D eigenvalue weighted by Gasteiger charge is -2.11. The number of nitrogens with zero attached hydrogens (tertiary/aromatic N) is 2. The van der Waals surface area contributed by atoms with Gasteiger partial charge in [0.1, 0.15) is 12.9 Å². The molecule has 0 N–H and O–H groups in total. The van der Waals surface area contributed by atoms with Crippen LogP contribution in [0.25, 0.3) is 10.9 Å². The lowest BCUT2D eigenvalue weighted by Crippen LogP contribution is -2.18. The molecule has 1 fully saturated rings. The quantitative estimate of drug-likeness (QED) is 0.854. The molecule has 5 nitrogen and oxygen atoms in total. The van der Waals surface area contributed by atoms with Crippen molar-refractivity contribution in [3.05, 3.63) is 29.0 Å². The van der Waals surface area contributed by atoms with Gasteiger partial charge in [-0.05, 0) is 18.2 Å². The molecule has 1 aromatic heterocycles. The third kappa shape index (κ3) is 3.33. The molecule has 1 saturated heterocycles. The van der Waals surface area contributed by atoms with Crippen LogP contribution in [0.4, 0.5) is 0 Å². The third-order valence-electron chi connectivity index (χ3n) is 2.61. The van der Waals surface area contributed by atoms with E-state index >= 15 is 0 Å². The van der Waals surface area contributed by atoms with Crippen LogP contribution in [0.3, 0.4) is 0 Å². The van der Waals surface area contributed by atoms with Crippen molar-refractivity contribution in [3.63, 3.8) is 0 Å². The molecule has 0 amide bonds. The summed E-state index contributed by atoms with van der Waals surface area (Å²) in [5.41, 5.74) is 0.844. The number of hydrogen-bond acceptors (Lipinski definition) is 5. The van der Waals surface area contributed by atoms with Gasteiger partial charge in [-0.25, -0.2) is 9.97 Å². The second-order valence-corrected chi connectivity index (χ2v) is 4.74. The molecule has 102 valence electrons. The van der Waals surface area contributed by atoms with Crippen molar-refractivity contribution in [3.8, 4) is 5.88 Å². The molecule has 0 unspecified atom stereocenters. The second kappa shape index (κ2) is 6.47. The van der Waals surface area contributed by atoms with Gasteiger partial charge in [0.05, 0.1) is 24.1 Å². The highest BCUT2D eigenvalue weighted by Crippen LogP contribution is 2.25. The lowest BCUT2D eigenvalue weighted by atomic mass is 10.2. The predicted molar refractivity (Wildman–Crippen MR) is 75.7 cm³/mol. The van der Waals surface area contributed by atoms with Crippen molar-refractivity contribution < 1.29 is 14.2 Å². The molecule has 1 aliphatic heterocycles. The minimum absolute atomic E-state index is 0. The van der Waals surface area contributed by atoms with E-state index in [9.17, 15) is 0 Å². The van der Waals surface area contributed by atoms with Crippen LogP contribution < -0.4 is 4.74 Å². The van der Waals surface area contributed by atoms with Gasteiger partial charge in [-0.3, -0.25) is 0 Å². The number of rotatable bonds is 3. The van der Waals surface area contributed by atoms with Crippen LogP contribution in [0.15, 0.2) is 29.0 Å². The van der Waals surface area contributed by atoms with Gasteiger partial charge in [0.2, 0.25) is 5.88 Å². The number of hydrogen-bond donors (Lipinski definition) is 0. The first-order valence-electron chi connectivity index (χ1n) is 5.59. The summed E-state index contributed by atoms with van der Waals surface area (Å²) < 4.78 is 17.2. The molecule has 3 rings (SSSR count). The molecule has 7 heteroatoms. The Balaban J connectivity index is 0.00000133. The minimum atomic E-state index is -0.304. The largest absolute Gasteiger partial charge is 0.472 e. The molecule has 19 heavy (non-hydrogen) atoms. The maximum atomic E-state index is 5.64. The van der Waals surface area contributed by atoms with Gasteiger partial charge in [-0.15, -0.1) is 12.4 Å². The van der Waals surface area contributed by atoms with E-state index in [0.29, 0.717) is 25.7 Å². The van der Waals surface area contributed by atoms with E-state index in [0.717, 1.165) is 15.4 Å². The van der Waals surface area contributed by atoms with Gasteiger partial charge < -0.3 is 14.2 Å². The summed E-state index contributed by atoms with van der Waals surface area (Å²) in [6.07, 6.45) is 1.18. The lowest BCUT2D eigenvalue weighted by molar-refractivity contribution is -0.0689. The van der Waals surface area contributed by atoms with E-state index in [1.54, 1.807) is 0 Å². The fourth-order valence-electron chi connectivity index (χ4n) is 1.77. The summed E-state index contributed by atoms with van der Waals surface area (Å²) >= 11 is 3.42. The summed E-state index contributed by atoms with van der Waals surface area (Å²) in [7, 11) is 0. The highest BCUT2D eigenvalue weighted by atomic mass is 79.9. The molecular formula is C12H12BrClN2O3. The highest BCUT2D eigenvalue weighted by molar-refractivity contribution is 9.10. The smallest absolute Gasteiger partial charge is 0.224 e. The Kier molecular flexibility index (Phi) is 4.93. The third-order valence-corrected chi connectivity index (χ3v) is 3.10. The first-order valence-corrected chi connectivity index (χ1v) is 6.38. The Bertz CT molecular complexity index is 564. The summed E-state index contributed by atoms with van der Waals surface area (Å²) in [4.78, 5) is 8.33. The number of benzene rings is 1. The molecule has 0 saturated carbocycles. The Morgan fingerprint density at radius 1 is 1.26 bits per heavy atom. The van der Waals surface area contributed by atoms with E-state index in [1.807, 2.05) is 18.2 Å². The molecule has 0 atom stereocenters. The summed E-state index contributed by atoms with van der Waals surface area (Å²) in [5.74, 6) is 0.542. The average molecular weight is 348 g/mol. The topological polar surface area (TPSA) is 53.5 Å². The first kappa shape index (κ1) is 14.5. The first-order chi connectivity index (χ1) is 8.83. The van der Waals surface area contributed by atoms with Gasteiger partial charge in [0.25, 0.3) is 0 Å².